The van der Waals surface area contributed by atoms with Gasteiger partial charge in [-0.3, -0.25) is 0 Å². The monoisotopic (exact) mass is 532 g/mol. The highest BCUT2D eigenvalue weighted by Gasteiger charge is 2.44. The molecule has 0 spiro atoms. The Morgan fingerprint density at radius 2 is 1.46 bits per heavy atom. The molecule has 198 valence electrons. The van der Waals surface area contributed by atoms with Crippen molar-refractivity contribution in [2.75, 3.05) is 6.54 Å². The first-order chi connectivity index (χ1) is 20.1. The molecule has 0 fully saturated rings. The van der Waals surface area contributed by atoms with E-state index in [1.54, 1.807) is 0 Å². The van der Waals surface area contributed by atoms with Crippen LogP contribution in [0.3, 0.4) is 0 Å². The molecule has 4 heterocycles. The van der Waals surface area contributed by atoms with Gasteiger partial charge in [-0.25, -0.2) is 0 Å². The molecule has 4 nitrogen and oxygen atoms in total. The van der Waals surface area contributed by atoms with Gasteiger partial charge in [0, 0.05) is 44.9 Å². The van der Waals surface area contributed by atoms with Gasteiger partial charge in [-0.1, -0.05) is 74.5 Å². The summed E-state index contributed by atoms with van der Waals surface area (Å²) in [5.41, 5.74) is 12.1. The Kier molecular flexibility index (Phi) is 4.48. The number of nitrogens with one attached hydrogen (secondary N) is 2. The Labute approximate surface area is 237 Å². The minimum absolute atomic E-state index is 0.0114. The first-order valence-corrected chi connectivity index (χ1v) is 14.3. The van der Waals surface area contributed by atoms with Crippen LogP contribution in [0.15, 0.2) is 129 Å². The van der Waals surface area contributed by atoms with Crippen LogP contribution in [0, 0.1) is 5.41 Å². The quantitative estimate of drug-likeness (QED) is 0.234. The van der Waals surface area contributed by atoms with Gasteiger partial charge in [-0.2, -0.15) is 0 Å². The summed E-state index contributed by atoms with van der Waals surface area (Å²) in [7, 11) is 0. The zero-order chi connectivity index (χ0) is 27.3. The van der Waals surface area contributed by atoms with Crippen molar-refractivity contribution < 1.29 is 8.83 Å². The fraction of sp³-hybridized carbons (Fsp3) is 0.135. The second-order valence-electron chi connectivity index (χ2n) is 11.8. The summed E-state index contributed by atoms with van der Waals surface area (Å²) < 4.78 is 12.6. The van der Waals surface area contributed by atoms with E-state index in [2.05, 4.69) is 109 Å². The fourth-order valence-electron chi connectivity index (χ4n) is 7.08. The maximum atomic E-state index is 6.37. The van der Waals surface area contributed by atoms with Crippen molar-refractivity contribution in [3.63, 3.8) is 0 Å². The van der Waals surface area contributed by atoms with Crippen molar-refractivity contribution in [3.8, 4) is 11.1 Å². The predicted octanol–water partition coefficient (Wildman–Crippen LogP) is 8.84. The number of para-hydroxylation sites is 1. The molecule has 0 bridgehead atoms. The van der Waals surface area contributed by atoms with E-state index in [0.717, 1.165) is 61.7 Å². The van der Waals surface area contributed by atoms with Crippen LogP contribution < -0.4 is 10.6 Å². The van der Waals surface area contributed by atoms with Crippen LogP contribution >= 0.6 is 0 Å². The van der Waals surface area contributed by atoms with Crippen molar-refractivity contribution in [2.45, 2.75) is 19.9 Å². The number of dihydropyridines is 2. The van der Waals surface area contributed by atoms with E-state index in [1.807, 2.05) is 18.2 Å². The highest BCUT2D eigenvalue weighted by Crippen LogP contribution is 2.49. The van der Waals surface area contributed by atoms with Crippen molar-refractivity contribution in [1.29, 1.82) is 0 Å². The molecule has 0 radical (unpaired) electrons. The largest absolute Gasteiger partial charge is 0.452 e. The maximum absolute atomic E-state index is 6.37. The first kappa shape index (κ1) is 22.8. The molecule has 4 aromatic carbocycles. The summed E-state index contributed by atoms with van der Waals surface area (Å²) in [5, 5.41) is 11.9. The third-order valence-electron chi connectivity index (χ3n) is 9.20. The molecule has 3 aliphatic rings. The van der Waals surface area contributed by atoms with Crippen molar-refractivity contribution >= 4 is 49.6 Å². The van der Waals surface area contributed by atoms with Crippen LogP contribution in [0.25, 0.3) is 60.7 Å². The Morgan fingerprint density at radius 1 is 0.707 bits per heavy atom. The molecule has 41 heavy (non-hydrogen) atoms. The van der Waals surface area contributed by atoms with Crippen molar-refractivity contribution in [3.05, 3.63) is 126 Å². The molecular formula is C37H28N2O2. The Hall–Kier alpha value is -4.96. The molecule has 0 amide bonds. The van der Waals surface area contributed by atoms with E-state index in [1.165, 1.54) is 28.0 Å². The highest BCUT2D eigenvalue weighted by molar-refractivity contribution is 6.19. The van der Waals surface area contributed by atoms with E-state index >= 15 is 0 Å². The van der Waals surface area contributed by atoms with E-state index in [0.29, 0.717) is 0 Å². The molecule has 1 atom stereocenters. The minimum Gasteiger partial charge on any atom is -0.452 e. The molecule has 2 aromatic heterocycles. The molecule has 1 aliphatic carbocycles. The lowest BCUT2D eigenvalue weighted by atomic mass is 9.79. The van der Waals surface area contributed by atoms with Gasteiger partial charge in [-0.05, 0) is 70.3 Å². The Balaban J connectivity index is 1.12. The zero-order valence-electron chi connectivity index (χ0n) is 22.9. The number of fused-ring (bicyclic) bond motifs is 9. The number of hydrogen-bond acceptors (Lipinski definition) is 4. The van der Waals surface area contributed by atoms with Crippen LogP contribution in [0.4, 0.5) is 0 Å². The average Bonchev–Trinajstić information content (AvgIpc) is 3.65. The maximum Gasteiger partial charge on any atom is 0.178 e. The normalized spacial score (nSPS) is 19.3. The zero-order valence-corrected chi connectivity index (χ0v) is 22.9. The summed E-state index contributed by atoms with van der Waals surface area (Å²) in [6.07, 6.45) is 9.07. The van der Waals surface area contributed by atoms with E-state index < -0.39 is 0 Å². The number of benzene rings is 4. The molecule has 0 saturated carbocycles. The van der Waals surface area contributed by atoms with Crippen LogP contribution in [-0.2, 0) is 0 Å². The summed E-state index contributed by atoms with van der Waals surface area (Å²) in [6.45, 7) is 5.52. The molecule has 1 unspecified atom stereocenters. The lowest BCUT2D eigenvalue weighted by molar-refractivity contribution is 0.542. The second kappa shape index (κ2) is 8.05. The predicted molar refractivity (Wildman–Crippen MR) is 167 cm³/mol. The second-order valence-corrected chi connectivity index (χ2v) is 11.8. The molecular weight excluding hydrogens is 504 g/mol. The summed E-state index contributed by atoms with van der Waals surface area (Å²) >= 11 is 0. The third kappa shape index (κ3) is 3.16. The number of rotatable bonds is 2. The van der Waals surface area contributed by atoms with Gasteiger partial charge >= 0.3 is 0 Å². The van der Waals surface area contributed by atoms with Gasteiger partial charge < -0.3 is 19.5 Å². The summed E-state index contributed by atoms with van der Waals surface area (Å²) in [5.74, 6) is 0. The van der Waals surface area contributed by atoms with Crippen LogP contribution in [-0.4, -0.2) is 12.6 Å². The SMILES string of the molecule is CC1(C)C2=CC=C(c3cccc(-c4ccc5oc6c(ccc7c8ccccc8oc76)c5c4)c3)NC2C2=C1C=CCN2. The van der Waals surface area contributed by atoms with Gasteiger partial charge in [0.05, 0.1) is 6.04 Å². The van der Waals surface area contributed by atoms with E-state index in [9.17, 15) is 0 Å². The fourth-order valence-corrected chi connectivity index (χ4v) is 7.08. The van der Waals surface area contributed by atoms with Crippen LogP contribution in [0.2, 0.25) is 0 Å². The molecule has 9 rings (SSSR count). The van der Waals surface area contributed by atoms with Crippen molar-refractivity contribution in [2.24, 2.45) is 5.41 Å². The first-order valence-electron chi connectivity index (χ1n) is 14.3. The average molecular weight is 533 g/mol. The molecule has 2 N–H and O–H groups in total. The third-order valence-corrected chi connectivity index (χ3v) is 9.20. The molecule has 2 aliphatic heterocycles. The molecule has 4 heteroatoms. The smallest absolute Gasteiger partial charge is 0.178 e. The topological polar surface area (TPSA) is 50.3 Å². The summed E-state index contributed by atoms with van der Waals surface area (Å²) in [6, 6.07) is 27.9. The minimum atomic E-state index is 0.0114. The lowest BCUT2D eigenvalue weighted by Gasteiger charge is -2.30. The van der Waals surface area contributed by atoms with Gasteiger partial charge in [0.2, 0.25) is 0 Å². The van der Waals surface area contributed by atoms with E-state index in [-0.39, 0.29) is 11.5 Å². The highest BCUT2D eigenvalue weighted by atomic mass is 16.4. The van der Waals surface area contributed by atoms with E-state index in [4.69, 9.17) is 8.83 Å². The van der Waals surface area contributed by atoms with Crippen molar-refractivity contribution in [1.82, 2.24) is 10.6 Å². The Morgan fingerprint density at radius 3 is 2.34 bits per heavy atom. The van der Waals surface area contributed by atoms with Crippen LogP contribution in [0.1, 0.15) is 19.4 Å². The molecule has 0 saturated heterocycles. The lowest BCUT2D eigenvalue weighted by Crippen LogP contribution is -2.37. The van der Waals surface area contributed by atoms with Gasteiger partial charge in [-0.15, -0.1) is 0 Å². The summed E-state index contributed by atoms with van der Waals surface area (Å²) in [4.78, 5) is 0. The molecule has 6 aromatic rings. The van der Waals surface area contributed by atoms with Crippen LogP contribution in [0.5, 0.6) is 0 Å². The number of hydrogen-bond donors (Lipinski definition) is 2. The standard InChI is InChI=1S/C37H28N2O2/c1-37(2)28-10-6-18-38-33(28)34-29(37)15-16-30(39-34)23-8-5-7-21(19-23)22-12-17-32-27(20-22)26-14-13-25-24-9-3-4-11-31(24)40-35(25)36(26)41-32/h3-17,19-20,34,38-39H,18H2,1-2H3. The number of allylic oxidation sites excluding steroid dienone is 4. The Bertz CT molecular complexity index is 2220. The van der Waals surface area contributed by atoms with Gasteiger partial charge in [0.25, 0.3) is 0 Å². The van der Waals surface area contributed by atoms with Gasteiger partial charge in [0.1, 0.15) is 11.2 Å². The van der Waals surface area contributed by atoms with Gasteiger partial charge in [0.15, 0.2) is 11.2 Å². The number of furan rings is 2.